The van der Waals surface area contributed by atoms with Gasteiger partial charge in [0.1, 0.15) is 0 Å². The Kier molecular flexibility index (Phi) is 4.34. The lowest BCUT2D eigenvalue weighted by Crippen LogP contribution is -2.16. The standard InChI is InChI=1S/C8H12N2O3S/c11-7(12)2-1-3-9-4-6-5-14-8(13)10-6/h5,9H,1-4H2,(H,10,13)(H,11,12). The van der Waals surface area contributed by atoms with Crippen molar-refractivity contribution in [2.24, 2.45) is 0 Å². The summed E-state index contributed by atoms with van der Waals surface area (Å²) in [6.45, 7) is 1.22. The molecule has 1 heterocycles. The summed E-state index contributed by atoms with van der Waals surface area (Å²) in [4.78, 5) is 23.5. The third kappa shape index (κ3) is 4.20. The second-order valence-corrected chi connectivity index (χ2v) is 3.69. The van der Waals surface area contributed by atoms with Gasteiger partial charge in [0.2, 0.25) is 0 Å². The van der Waals surface area contributed by atoms with Crippen molar-refractivity contribution in [3.63, 3.8) is 0 Å². The predicted octanol–water partition coefficient (Wildman–Crippen LogP) is 0.391. The Morgan fingerprint density at radius 3 is 3.00 bits per heavy atom. The summed E-state index contributed by atoms with van der Waals surface area (Å²) in [5, 5.41) is 13.2. The molecule has 5 nitrogen and oxygen atoms in total. The number of nitrogens with one attached hydrogen (secondary N) is 2. The van der Waals surface area contributed by atoms with Crippen LogP contribution in [0.5, 0.6) is 0 Å². The predicted molar refractivity (Wildman–Crippen MR) is 53.5 cm³/mol. The van der Waals surface area contributed by atoms with Crippen LogP contribution in [0.15, 0.2) is 10.2 Å². The molecule has 3 N–H and O–H groups in total. The number of hydrogen-bond donors (Lipinski definition) is 3. The van der Waals surface area contributed by atoms with Gasteiger partial charge in [-0.25, -0.2) is 0 Å². The number of carbonyl (C=O) groups is 1. The number of aromatic nitrogens is 1. The first kappa shape index (κ1) is 10.9. The quantitative estimate of drug-likeness (QED) is 0.601. The van der Waals surface area contributed by atoms with Crippen LogP contribution in [0.4, 0.5) is 0 Å². The number of H-pyrrole nitrogens is 1. The summed E-state index contributed by atoms with van der Waals surface area (Å²) in [5.41, 5.74) is 0.843. The smallest absolute Gasteiger partial charge is 0.304 e. The Bertz CT molecular complexity index is 344. The third-order valence-electron chi connectivity index (χ3n) is 1.63. The first-order valence-electron chi connectivity index (χ1n) is 4.27. The Balaban J connectivity index is 2.10. The van der Waals surface area contributed by atoms with Crippen LogP contribution in [0.3, 0.4) is 0 Å². The maximum absolute atomic E-state index is 10.7. The SMILES string of the molecule is O=C(O)CCCNCc1csc(=O)[nH]1. The molecule has 0 fully saturated rings. The molecule has 0 amide bonds. The maximum atomic E-state index is 10.7. The summed E-state index contributed by atoms with van der Waals surface area (Å²) in [7, 11) is 0. The highest BCUT2D eigenvalue weighted by Gasteiger charge is 1.97. The molecule has 0 saturated carbocycles. The molecule has 0 atom stereocenters. The van der Waals surface area contributed by atoms with E-state index in [1.165, 1.54) is 0 Å². The lowest BCUT2D eigenvalue weighted by atomic mass is 10.3. The fraction of sp³-hybridized carbons (Fsp3) is 0.500. The van der Waals surface area contributed by atoms with Crippen molar-refractivity contribution in [1.29, 1.82) is 0 Å². The van der Waals surface area contributed by atoms with Crippen molar-refractivity contribution in [2.75, 3.05) is 6.54 Å². The van der Waals surface area contributed by atoms with Gasteiger partial charge in [0.25, 0.3) is 0 Å². The lowest BCUT2D eigenvalue weighted by Gasteiger charge is -2.00. The summed E-state index contributed by atoms with van der Waals surface area (Å²) in [6.07, 6.45) is 0.775. The van der Waals surface area contributed by atoms with Gasteiger partial charge in [0.05, 0.1) is 0 Å². The van der Waals surface area contributed by atoms with Crippen molar-refractivity contribution >= 4 is 17.3 Å². The maximum Gasteiger partial charge on any atom is 0.304 e. The molecule has 0 aromatic carbocycles. The average Bonchev–Trinajstić information content (AvgIpc) is 2.50. The fourth-order valence-electron chi connectivity index (χ4n) is 0.988. The molecule has 0 radical (unpaired) electrons. The van der Waals surface area contributed by atoms with Crippen LogP contribution in [-0.2, 0) is 11.3 Å². The van der Waals surface area contributed by atoms with Crippen LogP contribution >= 0.6 is 11.3 Å². The van der Waals surface area contributed by atoms with E-state index in [1.807, 2.05) is 0 Å². The van der Waals surface area contributed by atoms with E-state index in [0.717, 1.165) is 17.0 Å². The molecule has 0 unspecified atom stereocenters. The van der Waals surface area contributed by atoms with E-state index in [4.69, 9.17) is 5.11 Å². The number of aromatic amines is 1. The van der Waals surface area contributed by atoms with Gasteiger partial charge in [-0.05, 0) is 13.0 Å². The average molecular weight is 216 g/mol. The van der Waals surface area contributed by atoms with Crippen molar-refractivity contribution in [3.8, 4) is 0 Å². The number of thiazole rings is 1. The molecule has 14 heavy (non-hydrogen) atoms. The molecular formula is C8H12N2O3S. The van der Waals surface area contributed by atoms with Gasteiger partial charge in [-0.3, -0.25) is 9.59 Å². The minimum atomic E-state index is -0.782. The normalized spacial score (nSPS) is 10.3. The lowest BCUT2D eigenvalue weighted by molar-refractivity contribution is -0.137. The van der Waals surface area contributed by atoms with Crippen molar-refractivity contribution in [1.82, 2.24) is 10.3 Å². The molecule has 1 aromatic heterocycles. The van der Waals surface area contributed by atoms with Crippen LogP contribution in [0.25, 0.3) is 0 Å². The number of rotatable bonds is 6. The minimum absolute atomic E-state index is 0.0627. The Morgan fingerprint density at radius 2 is 2.43 bits per heavy atom. The summed E-state index contributed by atoms with van der Waals surface area (Å²) in [5.74, 6) is -0.782. The molecule has 0 saturated heterocycles. The van der Waals surface area contributed by atoms with Gasteiger partial charge in [-0.1, -0.05) is 11.3 Å². The van der Waals surface area contributed by atoms with E-state index in [0.29, 0.717) is 19.5 Å². The van der Waals surface area contributed by atoms with Gasteiger partial charge in [0, 0.05) is 24.0 Å². The van der Waals surface area contributed by atoms with E-state index in [9.17, 15) is 9.59 Å². The van der Waals surface area contributed by atoms with Gasteiger partial charge in [-0.15, -0.1) is 0 Å². The summed E-state index contributed by atoms with van der Waals surface area (Å²) in [6, 6.07) is 0. The molecule has 0 bridgehead atoms. The van der Waals surface area contributed by atoms with E-state index in [-0.39, 0.29) is 11.3 Å². The fourth-order valence-corrected chi connectivity index (χ4v) is 1.57. The van der Waals surface area contributed by atoms with Crippen LogP contribution < -0.4 is 10.2 Å². The van der Waals surface area contributed by atoms with Gasteiger partial charge in [-0.2, -0.15) is 0 Å². The van der Waals surface area contributed by atoms with Crippen LogP contribution in [-0.4, -0.2) is 22.6 Å². The summed E-state index contributed by atoms with van der Waals surface area (Å²) < 4.78 is 0. The van der Waals surface area contributed by atoms with Gasteiger partial charge >= 0.3 is 10.8 Å². The summed E-state index contributed by atoms with van der Waals surface area (Å²) >= 11 is 1.13. The van der Waals surface area contributed by atoms with Crippen LogP contribution in [0, 0.1) is 0 Å². The van der Waals surface area contributed by atoms with Gasteiger partial charge in [0.15, 0.2) is 0 Å². The highest BCUT2D eigenvalue weighted by molar-refractivity contribution is 7.07. The molecule has 0 aliphatic rings. The topological polar surface area (TPSA) is 82.2 Å². The Hall–Kier alpha value is -1.14. The second kappa shape index (κ2) is 5.56. The number of carboxylic acids is 1. The molecule has 1 rings (SSSR count). The monoisotopic (exact) mass is 216 g/mol. The highest BCUT2D eigenvalue weighted by Crippen LogP contribution is 1.94. The van der Waals surface area contributed by atoms with E-state index >= 15 is 0 Å². The van der Waals surface area contributed by atoms with E-state index < -0.39 is 5.97 Å². The second-order valence-electron chi connectivity index (χ2n) is 2.85. The molecule has 78 valence electrons. The van der Waals surface area contributed by atoms with Gasteiger partial charge < -0.3 is 15.4 Å². The molecule has 0 aliphatic carbocycles. The highest BCUT2D eigenvalue weighted by atomic mass is 32.1. The van der Waals surface area contributed by atoms with Crippen LogP contribution in [0.2, 0.25) is 0 Å². The molecule has 0 aliphatic heterocycles. The Morgan fingerprint density at radius 1 is 1.64 bits per heavy atom. The largest absolute Gasteiger partial charge is 0.481 e. The first-order valence-corrected chi connectivity index (χ1v) is 5.15. The number of carboxylic acid groups (broad SMARTS) is 1. The van der Waals surface area contributed by atoms with Crippen molar-refractivity contribution in [3.05, 3.63) is 20.7 Å². The first-order chi connectivity index (χ1) is 6.68. The van der Waals surface area contributed by atoms with Crippen molar-refractivity contribution in [2.45, 2.75) is 19.4 Å². The Labute approximate surface area is 84.8 Å². The number of hydrogen-bond acceptors (Lipinski definition) is 4. The van der Waals surface area contributed by atoms with Crippen LogP contribution in [0.1, 0.15) is 18.5 Å². The molecule has 0 spiro atoms. The zero-order chi connectivity index (χ0) is 10.4. The van der Waals surface area contributed by atoms with E-state index in [1.54, 1.807) is 5.38 Å². The molecule has 1 aromatic rings. The molecular weight excluding hydrogens is 204 g/mol. The zero-order valence-electron chi connectivity index (χ0n) is 7.58. The third-order valence-corrected chi connectivity index (χ3v) is 2.35. The number of aliphatic carboxylic acids is 1. The minimum Gasteiger partial charge on any atom is -0.481 e. The zero-order valence-corrected chi connectivity index (χ0v) is 8.39. The van der Waals surface area contributed by atoms with Crippen molar-refractivity contribution < 1.29 is 9.90 Å². The van der Waals surface area contributed by atoms with E-state index in [2.05, 4.69) is 10.3 Å². The molecule has 6 heteroatoms.